The van der Waals surface area contributed by atoms with Gasteiger partial charge in [0.1, 0.15) is 12.5 Å². The van der Waals surface area contributed by atoms with E-state index in [0.717, 1.165) is 37.0 Å². The summed E-state index contributed by atoms with van der Waals surface area (Å²) in [6.45, 7) is 2.22. The fourth-order valence-electron chi connectivity index (χ4n) is 3.40. The second-order valence-corrected chi connectivity index (χ2v) is 6.30. The van der Waals surface area contributed by atoms with Crippen molar-refractivity contribution in [3.63, 3.8) is 0 Å². The van der Waals surface area contributed by atoms with Gasteiger partial charge < -0.3 is 0 Å². The van der Waals surface area contributed by atoms with Crippen LogP contribution in [0.1, 0.15) is 18.0 Å². The average molecular weight is 325 g/mol. The summed E-state index contributed by atoms with van der Waals surface area (Å²) < 4.78 is 16.5. The second kappa shape index (κ2) is 6.65. The molecule has 0 saturated carbocycles. The maximum Gasteiger partial charge on any atom is 0.161 e. The van der Waals surface area contributed by atoms with Gasteiger partial charge in [-0.05, 0) is 18.4 Å². The summed E-state index contributed by atoms with van der Waals surface area (Å²) >= 11 is 0. The van der Waals surface area contributed by atoms with Gasteiger partial charge in [-0.1, -0.05) is 30.3 Å². The Bertz CT molecular complexity index is 803. The first-order valence-electron chi connectivity index (χ1n) is 8.35. The number of halogens is 1. The summed E-state index contributed by atoms with van der Waals surface area (Å²) in [5.41, 5.74) is 2.01. The molecule has 2 atom stereocenters. The van der Waals surface area contributed by atoms with Crippen molar-refractivity contribution in [1.82, 2.24) is 24.6 Å². The molecule has 1 saturated heterocycles. The Morgan fingerprint density at radius 2 is 2.04 bits per heavy atom. The summed E-state index contributed by atoms with van der Waals surface area (Å²) in [4.78, 5) is 10.4. The van der Waals surface area contributed by atoms with Crippen molar-refractivity contribution in [3.8, 4) is 0 Å². The number of likely N-dealkylation sites (tertiary alicyclic amines) is 1. The molecule has 1 aliphatic heterocycles. The van der Waals surface area contributed by atoms with Crippen molar-refractivity contribution >= 4 is 11.0 Å². The lowest BCUT2D eigenvalue weighted by Crippen LogP contribution is -2.43. The summed E-state index contributed by atoms with van der Waals surface area (Å²) in [6, 6.07) is 10.1. The Morgan fingerprint density at radius 3 is 2.88 bits per heavy atom. The van der Waals surface area contributed by atoms with Crippen LogP contribution in [0.3, 0.4) is 0 Å². The number of benzene rings is 1. The molecule has 0 aliphatic carbocycles. The minimum Gasteiger partial charge on any atom is -0.300 e. The van der Waals surface area contributed by atoms with Crippen LogP contribution in [0.2, 0.25) is 0 Å². The third-order valence-electron chi connectivity index (χ3n) is 4.72. The largest absolute Gasteiger partial charge is 0.300 e. The monoisotopic (exact) mass is 325 g/mol. The number of hydrogen-bond donors (Lipinski definition) is 0. The smallest absolute Gasteiger partial charge is 0.161 e. The van der Waals surface area contributed by atoms with Crippen LogP contribution in [0.15, 0.2) is 49.1 Å². The zero-order chi connectivity index (χ0) is 16.4. The predicted octanol–water partition coefficient (Wildman–Crippen LogP) is 2.65. The molecular formula is C18H20FN5. The van der Waals surface area contributed by atoms with Gasteiger partial charge in [0.25, 0.3) is 0 Å². The van der Waals surface area contributed by atoms with Crippen LogP contribution in [0, 0.1) is 0 Å². The molecule has 0 unspecified atom stereocenters. The summed E-state index contributed by atoms with van der Waals surface area (Å²) in [7, 11) is 0. The Kier molecular flexibility index (Phi) is 4.21. The van der Waals surface area contributed by atoms with E-state index in [0.29, 0.717) is 6.54 Å². The third kappa shape index (κ3) is 3.01. The first kappa shape index (κ1) is 15.2. The van der Waals surface area contributed by atoms with Gasteiger partial charge in [0.15, 0.2) is 5.65 Å². The van der Waals surface area contributed by atoms with Crippen molar-refractivity contribution in [3.05, 3.63) is 54.6 Å². The molecule has 6 heteroatoms. The first-order valence-corrected chi connectivity index (χ1v) is 8.35. The van der Waals surface area contributed by atoms with E-state index < -0.39 is 6.17 Å². The van der Waals surface area contributed by atoms with Crippen LogP contribution >= 0.6 is 0 Å². The van der Waals surface area contributed by atoms with Gasteiger partial charge in [0.2, 0.25) is 0 Å². The maximum absolute atomic E-state index is 14.8. The molecule has 0 amide bonds. The molecule has 3 heterocycles. The zero-order valence-electron chi connectivity index (χ0n) is 13.4. The molecule has 3 aromatic rings. The zero-order valence-corrected chi connectivity index (χ0v) is 13.4. The normalized spacial score (nSPS) is 22.0. The standard InChI is InChI=1S/C18H20FN5/c19-16-12-23(8-6-14-4-2-1-3-5-14)9-7-17(16)24-18-15(11-22-24)10-20-13-21-18/h1-5,10-11,13,16-17H,6-9,12H2/t16-,17+/m1/s1. The number of piperidine rings is 1. The number of fused-ring (bicyclic) bond motifs is 1. The van der Waals surface area contributed by atoms with Crippen molar-refractivity contribution in [2.24, 2.45) is 0 Å². The van der Waals surface area contributed by atoms with Crippen LogP contribution < -0.4 is 0 Å². The van der Waals surface area contributed by atoms with Crippen LogP contribution in [0.4, 0.5) is 4.39 Å². The maximum atomic E-state index is 14.8. The Morgan fingerprint density at radius 1 is 1.17 bits per heavy atom. The fourth-order valence-corrected chi connectivity index (χ4v) is 3.40. The molecule has 124 valence electrons. The first-order chi connectivity index (χ1) is 11.8. The van der Waals surface area contributed by atoms with Crippen LogP contribution in [0.25, 0.3) is 11.0 Å². The van der Waals surface area contributed by atoms with E-state index in [4.69, 9.17) is 0 Å². The molecule has 1 aliphatic rings. The van der Waals surface area contributed by atoms with Gasteiger partial charge in [-0.2, -0.15) is 5.10 Å². The van der Waals surface area contributed by atoms with E-state index in [1.54, 1.807) is 17.1 Å². The third-order valence-corrected chi connectivity index (χ3v) is 4.72. The highest BCUT2D eigenvalue weighted by Crippen LogP contribution is 2.27. The Balaban J connectivity index is 1.41. The Hall–Kier alpha value is -2.34. The number of aromatic nitrogens is 4. The SMILES string of the molecule is F[C@@H]1CN(CCc2ccccc2)CC[C@@H]1n1ncc2cncnc21. The quantitative estimate of drug-likeness (QED) is 0.740. The van der Waals surface area contributed by atoms with Crippen molar-refractivity contribution < 1.29 is 4.39 Å². The molecule has 0 spiro atoms. The molecule has 4 rings (SSSR count). The molecule has 0 bridgehead atoms. The molecule has 5 nitrogen and oxygen atoms in total. The van der Waals surface area contributed by atoms with E-state index in [2.05, 4.69) is 32.1 Å². The van der Waals surface area contributed by atoms with Gasteiger partial charge in [-0.15, -0.1) is 0 Å². The lowest BCUT2D eigenvalue weighted by Gasteiger charge is -2.34. The molecular weight excluding hydrogens is 305 g/mol. The molecule has 1 fully saturated rings. The predicted molar refractivity (Wildman–Crippen MR) is 90.5 cm³/mol. The van der Waals surface area contributed by atoms with E-state index in [-0.39, 0.29) is 6.04 Å². The second-order valence-electron chi connectivity index (χ2n) is 6.30. The molecule has 2 aromatic heterocycles. The fraction of sp³-hybridized carbons (Fsp3) is 0.389. The van der Waals surface area contributed by atoms with Crippen LogP contribution in [-0.2, 0) is 6.42 Å². The summed E-state index contributed by atoms with van der Waals surface area (Å²) in [6.07, 6.45) is 5.68. The van der Waals surface area contributed by atoms with Crippen molar-refractivity contribution in [1.29, 1.82) is 0 Å². The van der Waals surface area contributed by atoms with E-state index >= 15 is 0 Å². The number of nitrogens with zero attached hydrogens (tertiary/aromatic N) is 5. The number of hydrogen-bond acceptors (Lipinski definition) is 4. The van der Waals surface area contributed by atoms with Gasteiger partial charge >= 0.3 is 0 Å². The lowest BCUT2D eigenvalue weighted by molar-refractivity contribution is 0.0864. The molecule has 24 heavy (non-hydrogen) atoms. The highest BCUT2D eigenvalue weighted by Gasteiger charge is 2.31. The lowest BCUT2D eigenvalue weighted by atomic mass is 10.0. The topological polar surface area (TPSA) is 46.8 Å². The molecule has 0 N–H and O–H groups in total. The molecule has 1 aromatic carbocycles. The minimum atomic E-state index is -0.937. The van der Waals surface area contributed by atoms with E-state index in [9.17, 15) is 4.39 Å². The molecule has 0 radical (unpaired) electrons. The van der Waals surface area contributed by atoms with Gasteiger partial charge in [-0.25, -0.2) is 19.0 Å². The van der Waals surface area contributed by atoms with E-state index in [1.807, 2.05) is 18.2 Å². The highest BCUT2D eigenvalue weighted by molar-refractivity contribution is 5.72. The van der Waals surface area contributed by atoms with Crippen molar-refractivity contribution in [2.45, 2.75) is 25.1 Å². The number of rotatable bonds is 4. The van der Waals surface area contributed by atoms with Crippen LogP contribution in [0.5, 0.6) is 0 Å². The minimum absolute atomic E-state index is 0.245. The van der Waals surface area contributed by atoms with Gasteiger partial charge in [0.05, 0.1) is 17.6 Å². The average Bonchev–Trinajstić information content (AvgIpc) is 3.05. The van der Waals surface area contributed by atoms with E-state index in [1.165, 1.54) is 11.9 Å². The van der Waals surface area contributed by atoms with Crippen LogP contribution in [-0.4, -0.2) is 50.5 Å². The van der Waals surface area contributed by atoms with Gasteiger partial charge in [-0.3, -0.25) is 4.90 Å². The Labute approximate surface area is 140 Å². The van der Waals surface area contributed by atoms with Crippen molar-refractivity contribution in [2.75, 3.05) is 19.6 Å². The number of alkyl halides is 1. The highest BCUT2D eigenvalue weighted by atomic mass is 19.1. The van der Waals surface area contributed by atoms with Gasteiger partial charge in [0, 0.05) is 25.8 Å². The summed E-state index contributed by atoms with van der Waals surface area (Å²) in [5.74, 6) is 0. The summed E-state index contributed by atoms with van der Waals surface area (Å²) in [5, 5.41) is 5.20.